The van der Waals surface area contributed by atoms with Crippen molar-refractivity contribution in [2.75, 3.05) is 0 Å². The highest BCUT2D eigenvalue weighted by Gasteiger charge is 1.93. The zero-order valence-corrected chi connectivity index (χ0v) is 5.47. The second-order valence-electron chi connectivity index (χ2n) is 1.56. The standard InChI is InChI=1S/C4H6N2O2S/c7-9(8)3-4-1-2-5-6-4/h1-2,9H,3H2,(H,5,6). The molecular weight excluding hydrogens is 140 g/mol. The Morgan fingerprint density at radius 2 is 2.44 bits per heavy atom. The molecule has 1 rings (SSSR count). The second-order valence-corrected chi connectivity index (χ2v) is 2.54. The van der Waals surface area contributed by atoms with Crippen LogP contribution in [-0.2, 0) is 16.5 Å². The molecule has 1 aromatic heterocycles. The van der Waals surface area contributed by atoms with Crippen LogP contribution < -0.4 is 0 Å². The monoisotopic (exact) mass is 146 g/mol. The minimum Gasteiger partial charge on any atom is -0.285 e. The molecule has 0 amide bonds. The van der Waals surface area contributed by atoms with E-state index in [9.17, 15) is 8.42 Å². The summed E-state index contributed by atoms with van der Waals surface area (Å²) in [4.78, 5) is 0. The third-order valence-electron chi connectivity index (χ3n) is 0.850. The van der Waals surface area contributed by atoms with Crippen LogP contribution in [0.4, 0.5) is 0 Å². The summed E-state index contributed by atoms with van der Waals surface area (Å²) < 4.78 is 20.1. The van der Waals surface area contributed by atoms with Gasteiger partial charge in [-0.3, -0.25) is 5.10 Å². The smallest absolute Gasteiger partial charge is 0.145 e. The fraction of sp³-hybridized carbons (Fsp3) is 0.250. The van der Waals surface area contributed by atoms with Crippen molar-refractivity contribution in [3.05, 3.63) is 18.0 Å². The van der Waals surface area contributed by atoms with Crippen molar-refractivity contribution in [3.63, 3.8) is 0 Å². The number of H-pyrrole nitrogens is 1. The minimum atomic E-state index is -2.33. The first-order valence-corrected chi connectivity index (χ1v) is 3.76. The summed E-state index contributed by atoms with van der Waals surface area (Å²) in [5.41, 5.74) is 0.561. The van der Waals surface area contributed by atoms with Gasteiger partial charge in [-0.25, -0.2) is 8.42 Å². The van der Waals surface area contributed by atoms with E-state index in [0.29, 0.717) is 5.69 Å². The van der Waals surface area contributed by atoms with Crippen LogP contribution in [0.3, 0.4) is 0 Å². The van der Waals surface area contributed by atoms with Crippen molar-refractivity contribution in [2.45, 2.75) is 5.75 Å². The number of aromatic nitrogens is 2. The van der Waals surface area contributed by atoms with E-state index in [1.54, 1.807) is 12.3 Å². The first-order valence-electron chi connectivity index (χ1n) is 2.39. The molecule has 0 radical (unpaired) electrons. The van der Waals surface area contributed by atoms with Gasteiger partial charge in [-0.15, -0.1) is 0 Å². The van der Waals surface area contributed by atoms with Gasteiger partial charge >= 0.3 is 0 Å². The Morgan fingerprint density at radius 1 is 1.67 bits per heavy atom. The average molecular weight is 146 g/mol. The topological polar surface area (TPSA) is 62.8 Å². The molecule has 0 saturated carbocycles. The Balaban J connectivity index is 2.68. The van der Waals surface area contributed by atoms with Crippen LogP contribution >= 0.6 is 0 Å². The summed E-state index contributed by atoms with van der Waals surface area (Å²) in [6.45, 7) is 0. The third-order valence-corrected chi connectivity index (χ3v) is 1.43. The quantitative estimate of drug-likeness (QED) is 0.554. The predicted octanol–water partition coefficient (Wildman–Crippen LogP) is -0.479. The van der Waals surface area contributed by atoms with Crippen molar-refractivity contribution in [1.82, 2.24) is 10.2 Å². The normalized spacial score (nSPS) is 10.3. The highest BCUT2D eigenvalue weighted by Crippen LogP contribution is 1.91. The lowest BCUT2D eigenvalue weighted by atomic mass is 10.5. The Hall–Kier alpha value is -0.840. The summed E-state index contributed by atoms with van der Waals surface area (Å²) in [5.74, 6) is 0.0266. The molecule has 0 saturated heterocycles. The van der Waals surface area contributed by atoms with Crippen LogP contribution in [0.15, 0.2) is 12.3 Å². The number of hydrogen-bond donors (Lipinski definition) is 2. The van der Waals surface area contributed by atoms with Crippen LogP contribution in [0.2, 0.25) is 0 Å². The maximum Gasteiger partial charge on any atom is 0.145 e. The number of hydrogen-bond acceptors (Lipinski definition) is 3. The Kier molecular flexibility index (Phi) is 1.84. The van der Waals surface area contributed by atoms with Crippen LogP contribution in [-0.4, -0.2) is 18.6 Å². The van der Waals surface area contributed by atoms with Crippen molar-refractivity contribution in [1.29, 1.82) is 0 Å². The molecule has 1 heterocycles. The van der Waals surface area contributed by atoms with E-state index in [-0.39, 0.29) is 5.75 Å². The van der Waals surface area contributed by atoms with Gasteiger partial charge in [0.1, 0.15) is 10.7 Å². The fourth-order valence-electron chi connectivity index (χ4n) is 0.511. The largest absolute Gasteiger partial charge is 0.285 e. The molecule has 0 aromatic carbocycles. The summed E-state index contributed by atoms with van der Waals surface area (Å²) in [6.07, 6.45) is 1.59. The Morgan fingerprint density at radius 3 is 2.89 bits per heavy atom. The molecule has 50 valence electrons. The van der Waals surface area contributed by atoms with Crippen LogP contribution in [0, 0.1) is 0 Å². The van der Waals surface area contributed by atoms with E-state index in [2.05, 4.69) is 10.2 Å². The molecule has 0 unspecified atom stereocenters. The Bertz CT molecular complexity index is 231. The van der Waals surface area contributed by atoms with Gasteiger partial charge < -0.3 is 0 Å². The van der Waals surface area contributed by atoms with Crippen molar-refractivity contribution in [2.24, 2.45) is 0 Å². The molecule has 9 heavy (non-hydrogen) atoms. The first kappa shape index (κ1) is 6.28. The predicted molar refractivity (Wildman–Crippen MR) is 32.6 cm³/mol. The van der Waals surface area contributed by atoms with E-state index < -0.39 is 10.7 Å². The van der Waals surface area contributed by atoms with Gasteiger partial charge in [-0.05, 0) is 6.07 Å². The van der Waals surface area contributed by atoms with Crippen molar-refractivity contribution < 1.29 is 8.42 Å². The molecular formula is C4H6N2O2S. The number of thiol groups is 1. The summed E-state index contributed by atoms with van der Waals surface area (Å²) in [6, 6.07) is 1.63. The van der Waals surface area contributed by atoms with Crippen LogP contribution in [0.1, 0.15) is 5.69 Å². The number of rotatable bonds is 2. The van der Waals surface area contributed by atoms with Crippen LogP contribution in [0.25, 0.3) is 0 Å². The van der Waals surface area contributed by atoms with Crippen molar-refractivity contribution in [3.8, 4) is 0 Å². The summed E-state index contributed by atoms with van der Waals surface area (Å²) in [5, 5.41) is 6.17. The van der Waals surface area contributed by atoms with E-state index in [4.69, 9.17) is 0 Å². The van der Waals surface area contributed by atoms with Crippen molar-refractivity contribution >= 4 is 10.7 Å². The fourth-order valence-corrected chi connectivity index (χ4v) is 0.952. The minimum absolute atomic E-state index is 0.0266. The number of nitrogens with one attached hydrogen (secondary N) is 1. The number of nitrogens with zero attached hydrogens (tertiary/aromatic N) is 1. The highest BCUT2D eigenvalue weighted by atomic mass is 32.2. The second kappa shape index (κ2) is 2.63. The van der Waals surface area contributed by atoms with Gasteiger partial charge in [-0.2, -0.15) is 5.10 Å². The van der Waals surface area contributed by atoms with E-state index >= 15 is 0 Å². The molecule has 0 aliphatic heterocycles. The lowest BCUT2D eigenvalue weighted by Gasteiger charge is -1.79. The third kappa shape index (κ3) is 1.85. The maximum absolute atomic E-state index is 10.0. The first-order chi connectivity index (χ1) is 4.29. The summed E-state index contributed by atoms with van der Waals surface area (Å²) >= 11 is 0. The lowest BCUT2D eigenvalue weighted by molar-refractivity contribution is 0.613. The van der Waals surface area contributed by atoms with Gasteiger partial charge in [0.05, 0.1) is 11.4 Å². The van der Waals surface area contributed by atoms with Gasteiger partial charge in [0.15, 0.2) is 0 Å². The molecule has 0 aliphatic carbocycles. The average Bonchev–Trinajstić information content (AvgIpc) is 2.15. The highest BCUT2D eigenvalue weighted by molar-refractivity contribution is 7.71. The van der Waals surface area contributed by atoms with Gasteiger partial charge in [-0.1, -0.05) is 0 Å². The Labute approximate surface area is 53.9 Å². The molecule has 0 fully saturated rings. The molecule has 0 atom stereocenters. The molecule has 1 aromatic rings. The van der Waals surface area contributed by atoms with Gasteiger partial charge in [0.2, 0.25) is 0 Å². The van der Waals surface area contributed by atoms with E-state index in [1.165, 1.54) is 0 Å². The number of aromatic amines is 1. The molecule has 5 heteroatoms. The van der Waals surface area contributed by atoms with Gasteiger partial charge in [0, 0.05) is 6.20 Å². The molecule has 0 spiro atoms. The van der Waals surface area contributed by atoms with Crippen LogP contribution in [0.5, 0.6) is 0 Å². The maximum atomic E-state index is 10.0. The lowest BCUT2D eigenvalue weighted by Crippen LogP contribution is -1.85. The summed E-state index contributed by atoms with van der Waals surface area (Å²) in [7, 11) is -2.33. The molecule has 4 nitrogen and oxygen atoms in total. The SMILES string of the molecule is O=[SH](=O)Cc1cc[nH]n1. The molecule has 0 aliphatic rings. The van der Waals surface area contributed by atoms with E-state index in [1.807, 2.05) is 0 Å². The zero-order chi connectivity index (χ0) is 6.69. The van der Waals surface area contributed by atoms with Gasteiger partial charge in [0.25, 0.3) is 0 Å². The van der Waals surface area contributed by atoms with E-state index in [0.717, 1.165) is 0 Å². The zero-order valence-electron chi connectivity index (χ0n) is 4.57. The molecule has 1 N–H and O–H groups in total. The molecule has 0 bridgehead atoms.